The van der Waals surface area contributed by atoms with Gasteiger partial charge in [-0.3, -0.25) is 4.79 Å². The summed E-state index contributed by atoms with van der Waals surface area (Å²) in [5, 5.41) is 10.4. The highest BCUT2D eigenvalue weighted by atomic mass is 16.7. The van der Waals surface area contributed by atoms with Crippen molar-refractivity contribution in [1.82, 2.24) is 0 Å². The van der Waals surface area contributed by atoms with Gasteiger partial charge in [-0.15, -0.1) is 0 Å². The molecule has 1 N–H and O–H groups in total. The Morgan fingerprint density at radius 2 is 1.84 bits per heavy atom. The normalized spacial score (nSPS) is 19.5. The first-order valence-electron chi connectivity index (χ1n) is 8.49. The van der Waals surface area contributed by atoms with E-state index in [2.05, 4.69) is 0 Å². The topological polar surface area (TPSA) is 74.2 Å². The Morgan fingerprint density at radius 3 is 2.32 bits per heavy atom. The van der Waals surface area contributed by atoms with Gasteiger partial charge in [0.05, 0.1) is 31.3 Å². The minimum atomic E-state index is -0.672. The Hall–Kier alpha value is -1.73. The van der Waals surface area contributed by atoms with Gasteiger partial charge in [-0.25, -0.2) is 0 Å². The zero-order valence-electron chi connectivity index (χ0n) is 15.8. The molecular formula is C18H27BO6. The number of benzene rings is 1. The summed E-state index contributed by atoms with van der Waals surface area (Å²) < 4.78 is 22.4. The molecule has 1 aromatic rings. The summed E-state index contributed by atoms with van der Waals surface area (Å²) in [6.45, 7) is 9.84. The molecule has 1 saturated heterocycles. The molecule has 1 fully saturated rings. The summed E-state index contributed by atoms with van der Waals surface area (Å²) >= 11 is 0. The van der Waals surface area contributed by atoms with Crippen molar-refractivity contribution in [3.05, 3.63) is 23.8 Å². The van der Waals surface area contributed by atoms with Crippen LogP contribution >= 0.6 is 0 Å². The summed E-state index contributed by atoms with van der Waals surface area (Å²) in [5.41, 5.74) is -0.508. The fraction of sp³-hybridized carbons (Fsp3) is 0.611. The summed E-state index contributed by atoms with van der Waals surface area (Å²) in [6.07, 6.45) is 0.0462. The van der Waals surface area contributed by atoms with Gasteiger partial charge in [-0.2, -0.15) is 0 Å². The lowest BCUT2D eigenvalue weighted by Gasteiger charge is -2.32. The molecule has 138 valence electrons. The number of phenols is 1. The molecule has 6 nitrogen and oxygen atoms in total. The molecule has 1 heterocycles. The average molecular weight is 350 g/mol. The van der Waals surface area contributed by atoms with Crippen LogP contribution in [0.3, 0.4) is 0 Å². The van der Waals surface area contributed by atoms with Crippen molar-refractivity contribution in [3.8, 4) is 11.5 Å². The zero-order valence-corrected chi connectivity index (χ0v) is 15.8. The van der Waals surface area contributed by atoms with Gasteiger partial charge in [0.2, 0.25) is 0 Å². The lowest BCUT2D eigenvalue weighted by Crippen LogP contribution is -2.41. The maximum atomic E-state index is 12.1. The molecule has 0 amide bonds. The number of aromatic hydroxyl groups is 1. The number of hydrogen-bond acceptors (Lipinski definition) is 6. The second kappa shape index (κ2) is 7.26. The van der Waals surface area contributed by atoms with Crippen LogP contribution in [-0.2, 0) is 18.8 Å². The molecule has 1 aliphatic rings. The fourth-order valence-electron chi connectivity index (χ4n) is 2.77. The lowest BCUT2D eigenvalue weighted by molar-refractivity contribution is -0.143. The summed E-state index contributed by atoms with van der Waals surface area (Å²) in [4.78, 5) is 12.1. The molecule has 0 saturated carbocycles. The van der Waals surface area contributed by atoms with Crippen LogP contribution in [0.5, 0.6) is 11.5 Å². The first-order chi connectivity index (χ1) is 11.6. The van der Waals surface area contributed by atoms with Crippen molar-refractivity contribution in [2.24, 2.45) is 0 Å². The molecule has 0 aromatic heterocycles. The third kappa shape index (κ3) is 4.10. The van der Waals surface area contributed by atoms with Crippen LogP contribution < -0.4 is 4.74 Å². The van der Waals surface area contributed by atoms with E-state index in [1.165, 1.54) is 13.2 Å². The predicted molar refractivity (Wildman–Crippen MR) is 94.7 cm³/mol. The second-order valence-corrected chi connectivity index (χ2v) is 7.17. The van der Waals surface area contributed by atoms with Gasteiger partial charge in [0.15, 0.2) is 0 Å². The van der Waals surface area contributed by atoms with E-state index < -0.39 is 24.1 Å². The zero-order chi connectivity index (χ0) is 18.8. The van der Waals surface area contributed by atoms with E-state index in [4.69, 9.17) is 18.8 Å². The Kier molecular flexibility index (Phi) is 5.69. The molecular weight excluding hydrogens is 323 g/mol. The smallest absolute Gasteiger partial charge is 0.466 e. The van der Waals surface area contributed by atoms with Gasteiger partial charge in [-0.05, 0) is 46.2 Å². The predicted octanol–water partition coefficient (Wildman–Crippen LogP) is 3.07. The van der Waals surface area contributed by atoms with Crippen molar-refractivity contribution in [1.29, 1.82) is 0 Å². The molecule has 1 aliphatic heterocycles. The van der Waals surface area contributed by atoms with E-state index in [1.54, 1.807) is 19.1 Å². The molecule has 2 rings (SSSR count). The molecule has 0 spiro atoms. The van der Waals surface area contributed by atoms with E-state index in [-0.39, 0.29) is 18.1 Å². The Balaban J connectivity index is 2.36. The van der Waals surface area contributed by atoms with E-state index in [0.717, 1.165) is 0 Å². The highest BCUT2D eigenvalue weighted by Gasteiger charge is 2.54. The maximum absolute atomic E-state index is 12.1. The average Bonchev–Trinajstić information content (AvgIpc) is 2.73. The van der Waals surface area contributed by atoms with Crippen LogP contribution in [0, 0.1) is 0 Å². The Bertz CT molecular complexity index is 612. The van der Waals surface area contributed by atoms with Crippen LogP contribution in [0.4, 0.5) is 0 Å². The summed E-state index contributed by atoms with van der Waals surface area (Å²) in [6, 6.07) is 4.97. The van der Waals surface area contributed by atoms with Crippen molar-refractivity contribution < 1.29 is 28.7 Å². The van der Waals surface area contributed by atoms with Crippen LogP contribution in [-0.4, -0.2) is 43.1 Å². The number of carbonyl (C=O) groups is 1. The minimum Gasteiger partial charge on any atom is -0.508 e. The number of esters is 1. The second-order valence-electron chi connectivity index (χ2n) is 7.17. The van der Waals surface area contributed by atoms with E-state index in [1.807, 2.05) is 27.7 Å². The van der Waals surface area contributed by atoms with Crippen LogP contribution in [0.1, 0.15) is 52.4 Å². The lowest BCUT2D eigenvalue weighted by atomic mass is 9.66. The van der Waals surface area contributed by atoms with Crippen LogP contribution in [0.15, 0.2) is 18.2 Å². The molecule has 25 heavy (non-hydrogen) atoms. The van der Waals surface area contributed by atoms with E-state index in [9.17, 15) is 9.90 Å². The number of carbonyl (C=O) groups excluding carboxylic acids is 1. The van der Waals surface area contributed by atoms with E-state index >= 15 is 0 Å². The largest absolute Gasteiger partial charge is 0.508 e. The number of rotatable bonds is 6. The third-order valence-corrected chi connectivity index (χ3v) is 4.93. The van der Waals surface area contributed by atoms with Crippen LogP contribution in [0.25, 0.3) is 0 Å². The molecule has 1 aromatic carbocycles. The summed E-state index contributed by atoms with van der Waals surface area (Å²) in [5.74, 6) is -0.295. The van der Waals surface area contributed by atoms with Gasteiger partial charge in [0, 0.05) is 11.9 Å². The number of phenolic OH excluding ortho intramolecular Hbond substituents is 1. The van der Waals surface area contributed by atoms with Crippen molar-refractivity contribution in [2.75, 3.05) is 13.7 Å². The third-order valence-electron chi connectivity index (χ3n) is 4.93. The van der Waals surface area contributed by atoms with Gasteiger partial charge in [0.25, 0.3) is 0 Å². The van der Waals surface area contributed by atoms with Crippen LogP contribution in [0.2, 0.25) is 0 Å². The molecule has 7 heteroatoms. The summed E-state index contributed by atoms with van der Waals surface area (Å²) in [7, 11) is 0.854. The van der Waals surface area contributed by atoms with Crippen molar-refractivity contribution in [3.63, 3.8) is 0 Å². The highest BCUT2D eigenvalue weighted by Crippen LogP contribution is 2.43. The van der Waals surface area contributed by atoms with Crippen molar-refractivity contribution >= 4 is 13.1 Å². The van der Waals surface area contributed by atoms with E-state index in [0.29, 0.717) is 17.9 Å². The molecule has 1 unspecified atom stereocenters. The first kappa shape index (κ1) is 19.6. The van der Waals surface area contributed by atoms with Gasteiger partial charge >= 0.3 is 13.1 Å². The van der Waals surface area contributed by atoms with Gasteiger partial charge in [0.1, 0.15) is 11.5 Å². The molecule has 1 atom stereocenters. The minimum absolute atomic E-state index is 0.0309. The molecule has 0 radical (unpaired) electrons. The number of hydrogen-bond donors (Lipinski definition) is 1. The maximum Gasteiger partial charge on any atom is 0.466 e. The molecule has 0 bridgehead atoms. The quantitative estimate of drug-likeness (QED) is 0.628. The number of methoxy groups -OCH3 is 1. The molecule has 0 aliphatic carbocycles. The fourth-order valence-corrected chi connectivity index (χ4v) is 2.77. The van der Waals surface area contributed by atoms with Crippen molar-refractivity contribution in [2.45, 2.75) is 58.1 Å². The number of ether oxygens (including phenoxy) is 2. The first-order valence-corrected chi connectivity index (χ1v) is 8.49. The SMILES string of the molecule is CCOC(=O)CC(B1OC(C)(C)C(C)(C)O1)c1ccc(OC)cc1O. The van der Waals surface area contributed by atoms with Gasteiger partial charge < -0.3 is 23.9 Å². The Labute approximate surface area is 149 Å². The standard InChI is InChI=1S/C18H27BO6/c1-7-23-16(21)11-14(13-9-8-12(22-6)10-15(13)20)19-24-17(2,3)18(4,5)25-19/h8-10,14,20H,7,11H2,1-6H3. The monoisotopic (exact) mass is 350 g/mol. The van der Waals surface area contributed by atoms with Gasteiger partial charge in [-0.1, -0.05) is 6.07 Å². The Morgan fingerprint density at radius 1 is 1.24 bits per heavy atom. The highest BCUT2D eigenvalue weighted by molar-refractivity contribution is 6.48.